The second-order valence-electron chi connectivity index (χ2n) is 8.10. The van der Waals surface area contributed by atoms with Crippen LogP contribution < -0.4 is 10.6 Å². The fraction of sp³-hybridized carbons (Fsp3) is 0.200. The number of anilines is 1. The van der Waals surface area contributed by atoms with E-state index in [1.54, 1.807) is 12.3 Å². The van der Waals surface area contributed by atoms with Gasteiger partial charge < -0.3 is 10.6 Å². The number of carbonyl (C=O) groups excluding carboxylic acids is 2. The smallest absolute Gasteiger partial charge is 0.272 e. The molecule has 1 aliphatic rings. The van der Waals surface area contributed by atoms with Crippen LogP contribution in [0.25, 0.3) is 5.69 Å². The first-order valence-electron chi connectivity index (χ1n) is 10.9. The molecule has 2 amide bonds. The minimum atomic E-state index is -0.886. The maximum atomic E-state index is 13.4. The van der Waals surface area contributed by atoms with Crippen LogP contribution in [-0.2, 0) is 17.6 Å². The standard InChI is InChI=1S/C25H24N6O2/c1-16-8-5-6-12-19(16)31-20-13-7-11-18(20)23(30-31)25(33)28-22(17-9-3-2-4-10-17)24(32)27-21-14-15-26-29-21/h2-6,8-10,12,14-15,22H,7,11,13H2,1H3,(H,28,33)(H2,26,27,29,32). The van der Waals surface area contributed by atoms with E-state index in [4.69, 9.17) is 5.10 Å². The number of aromatic amines is 1. The zero-order valence-corrected chi connectivity index (χ0v) is 18.2. The molecule has 33 heavy (non-hydrogen) atoms. The number of nitrogens with one attached hydrogen (secondary N) is 3. The summed E-state index contributed by atoms with van der Waals surface area (Å²) < 4.78 is 1.88. The second-order valence-corrected chi connectivity index (χ2v) is 8.10. The van der Waals surface area contributed by atoms with Crippen LogP contribution in [0.5, 0.6) is 0 Å². The summed E-state index contributed by atoms with van der Waals surface area (Å²) in [5, 5.41) is 16.9. The minimum absolute atomic E-state index is 0.367. The second kappa shape index (κ2) is 8.74. The Hall–Kier alpha value is -4.20. The summed E-state index contributed by atoms with van der Waals surface area (Å²) >= 11 is 0. The van der Waals surface area contributed by atoms with Crippen LogP contribution in [0.3, 0.4) is 0 Å². The molecule has 8 nitrogen and oxygen atoms in total. The summed E-state index contributed by atoms with van der Waals surface area (Å²) in [4.78, 5) is 26.5. The fourth-order valence-corrected chi connectivity index (χ4v) is 4.30. The van der Waals surface area contributed by atoms with Crippen molar-refractivity contribution in [2.24, 2.45) is 0 Å². The van der Waals surface area contributed by atoms with Gasteiger partial charge in [0.2, 0.25) is 0 Å². The van der Waals surface area contributed by atoms with Gasteiger partial charge in [0, 0.05) is 17.3 Å². The van der Waals surface area contributed by atoms with E-state index >= 15 is 0 Å². The molecule has 1 atom stereocenters. The quantitative estimate of drug-likeness (QED) is 0.427. The number of H-pyrrole nitrogens is 1. The van der Waals surface area contributed by atoms with Gasteiger partial charge in [-0.05, 0) is 43.4 Å². The van der Waals surface area contributed by atoms with E-state index in [0.29, 0.717) is 17.1 Å². The van der Waals surface area contributed by atoms with E-state index in [1.807, 2.05) is 66.2 Å². The van der Waals surface area contributed by atoms with E-state index in [1.165, 1.54) is 0 Å². The molecule has 2 heterocycles. The van der Waals surface area contributed by atoms with Gasteiger partial charge in [0.25, 0.3) is 11.8 Å². The van der Waals surface area contributed by atoms with E-state index in [2.05, 4.69) is 20.8 Å². The van der Waals surface area contributed by atoms with Crippen LogP contribution in [0, 0.1) is 6.92 Å². The lowest BCUT2D eigenvalue weighted by Gasteiger charge is -2.18. The first-order valence-corrected chi connectivity index (χ1v) is 10.9. The highest BCUT2D eigenvalue weighted by atomic mass is 16.2. The van der Waals surface area contributed by atoms with Crippen molar-refractivity contribution < 1.29 is 9.59 Å². The predicted molar refractivity (Wildman–Crippen MR) is 124 cm³/mol. The number of fused-ring (bicyclic) bond motifs is 1. The Morgan fingerprint density at radius 1 is 1.03 bits per heavy atom. The predicted octanol–water partition coefficient (Wildman–Crippen LogP) is 3.50. The van der Waals surface area contributed by atoms with Gasteiger partial charge in [0.1, 0.15) is 11.9 Å². The molecule has 2 aromatic heterocycles. The highest BCUT2D eigenvalue weighted by Crippen LogP contribution is 2.29. The van der Waals surface area contributed by atoms with Gasteiger partial charge in [-0.2, -0.15) is 10.2 Å². The average molecular weight is 441 g/mol. The maximum absolute atomic E-state index is 13.4. The number of aromatic nitrogens is 4. The van der Waals surface area contributed by atoms with Crippen LogP contribution in [0.15, 0.2) is 66.9 Å². The Bertz CT molecular complexity index is 1290. The minimum Gasteiger partial charge on any atom is -0.335 e. The molecule has 0 saturated heterocycles. The molecular weight excluding hydrogens is 416 g/mol. The van der Waals surface area contributed by atoms with Gasteiger partial charge >= 0.3 is 0 Å². The van der Waals surface area contributed by atoms with E-state index in [0.717, 1.165) is 41.8 Å². The summed E-state index contributed by atoms with van der Waals surface area (Å²) in [5.41, 5.74) is 5.12. The van der Waals surface area contributed by atoms with Crippen molar-refractivity contribution >= 4 is 17.6 Å². The fourth-order valence-electron chi connectivity index (χ4n) is 4.30. The Labute approximate surface area is 191 Å². The van der Waals surface area contributed by atoms with Gasteiger partial charge in [-0.25, -0.2) is 4.68 Å². The third kappa shape index (κ3) is 4.03. The lowest BCUT2D eigenvalue weighted by molar-refractivity contribution is -0.118. The number of para-hydroxylation sites is 1. The Morgan fingerprint density at radius 3 is 2.58 bits per heavy atom. The number of carbonyl (C=O) groups is 2. The summed E-state index contributed by atoms with van der Waals surface area (Å²) in [6, 6.07) is 17.9. The molecule has 0 fully saturated rings. The summed E-state index contributed by atoms with van der Waals surface area (Å²) in [5.74, 6) is -0.275. The molecule has 1 unspecified atom stereocenters. The summed E-state index contributed by atoms with van der Waals surface area (Å²) in [6.07, 6.45) is 4.18. The summed E-state index contributed by atoms with van der Waals surface area (Å²) in [7, 11) is 0. The zero-order chi connectivity index (χ0) is 22.8. The van der Waals surface area contributed by atoms with Gasteiger partial charge in [0.05, 0.1) is 11.9 Å². The van der Waals surface area contributed by atoms with Crippen molar-refractivity contribution in [3.8, 4) is 5.69 Å². The lowest BCUT2D eigenvalue weighted by Crippen LogP contribution is -2.37. The molecule has 5 rings (SSSR count). The van der Waals surface area contributed by atoms with Crippen molar-refractivity contribution in [2.75, 3.05) is 5.32 Å². The van der Waals surface area contributed by atoms with Gasteiger partial charge in [0.15, 0.2) is 5.69 Å². The third-order valence-electron chi connectivity index (χ3n) is 5.92. The lowest BCUT2D eigenvalue weighted by atomic mass is 10.1. The van der Waals surface area contributed by atoms with E-state index < -0.39 is 6.04 Å². The first kappa shape index (κ1) is 20.7. The Kier molecular flexibility index (Phi) is 5.48. The highest BCUT2D eigenvalue weighted by molar-refractivity contribution is 6.01. The molecule has 1 aliphatic carbocycles. The molecule has 8 heteroatoms. The molecule has 0 aliphatic heterocycles. The molecule has 0 saturated carbocycles. The number of hydrogen-bond donors (Lipinski definition) is 3. The van der Waals surface area contributed by atoms with Crippen molar-refractivity contribution in [3.05, 3.63) is 94.9 Å². The van der Waals surface area contributed by atoms with Crippen molar-refractivity contribution in [3.63, 3.8) is 0 Å². The number of aryl methyl sites for hydroxylation is 1. The topological polar surface area (TPSA) is 105 Å². The van der Waals surface area contributed by atoms with Gasteiger partial charge in [-0.3, -0.25) is 14.7 Å². The largest absolute Gasteiger partial charge is 0.335 e. The average Bonchev–Trinajstić information content (AvgIpc) is 3.57. The Morgan fingerprint density at radius 2 is 1.82 bits per heavy atom. The number of hydrogen-bond acceptors (Lipinski definition) is 4. The van der Waals surface area contributed by atoms with Crippen molar-refractivity contribution in [1.29, 1.82) is 0 Å². The van der Waals surface area contributed by atoms with Crippen LogP contribution in [0.1, 0.15) is 45.3 Å². The maximum Gasteiger partial charge on any atom is 0.272 e. The SMILES string of the molecule is Cc1ccccc1-n1nc(C(=O)NC(C(=O)Nc2ccn[nH]2)c2ccccc2)c2c1CCC2. The molecule has 0 radical (unpaired) electrons. The van der Waals surface area contributed by atoms with Crippen molar-refractivity contribution in [1.82, 2.24) is 25.3 Å². The number of rotatable bonds is 6. The summed E-state index contributed by atoms with van der Waals surface area (Å²) in [6.45, 7) is 2.03. The third-order valence-corrected chi connectivity index (χ3v) is 5.92. The van der Waals surface area contributed by atoms with Gasteiger partial charge in [-0.15, -0.1) is 0 Å². The molecule has 166 valence electrons. The molecule has 2 aromatic carbocycles. The zero-order valence-electron chi connectivity index (χ0n) is 18.2. The molecule has 0 bridgehead atoms. The number of benzene rings is 2. The highest BCUT2D eigenvalue weighted by Gasteiger charge is 2.30. The van der Waals surface area contributed by atoms with Crippen LogP contribution in [-0.4, -0.2) is 31.8 Å². The molecule has 0 spiro atoms. The Balaban J connectivity index is 1.47. The molecule has 3 N–H and O–H groups in total. The first-order chi connectivity index (χ1) is 16.1. The molecular formula is C25H24N6O2. The number of nitrogens with zero attached hydrogens (tertiary/aromatic N) is 3. The normalized spacial score (nSPS) is 13.4. The van der Waals surface area contributed by atoms with E-state index in [9.17, 15) is 9.59 Å². The van der Waals surface area contributed by atoms with Gasteiger partial charge in [-0.1, -0.05) is 48.5 Å². The molecule has 4 aromatic rings. The van der Waals surface area contributed by atoms with Crippen LogP contribution in [0.2, 0.25) is 0 Å². The monoisotopic (exact) mass is 440 g/mol. The van der Waals surface area contributed by atoms with Crippen LogP contribution in [0.4, 0.5) is 5.82 Å². The van der Waals surface area contributed by atoms with E-state index in [-0.39, 0.29) is 11.8 Å². The van der Waals surface area contributed by atoms with Crippen molar-refractivity contribution in [2.45, 2.75) is 32.2 Å². The number of amides is 2. The van der Waals surface area contributed by atoms with Crippen LogP contribution >= 0.6 is 0 Å².